The lowest BCUT2D eigenvalue weighted by atomic mass is 10.0. The summed E-state index contributed by atoms with van der Waals surface area (Å²) < 4.78 is 4.78. The van der Waals surface area contributed by atoms with Crippen molar-refractivity contribution < 1.29 is 19.1 Å². The van der Waals surface area contributed by atoms with Gasteiger partial charge in [-0.25, -0.2) is 9.59 Å². The summed E-state index contributed by atoms with van der Waals surface area (Å²) in [6, 6.07) is -0.991. The fourth-order valence-corrected chi connectivity index (χ4v) is 4.11. The van der Waals surface area contributed by atoms with E-state index in [0.717, 1.165) is 19.3 Å². The van der Waals surface area contributed by atoms with Crippen LogP contribution in [0.25, 0.3) is 0 Å². The van der Waals surface area contributed by atoms with Crippen LogP contribution >= 0.6 is 0 Å². The molecule has 1 unspecified atom stereocenters. The maximum Gasteiger partial charge on any atom is 0.328 e. The third kappa shape index (κ3) is 22.0. The van der Waals surface area contributed by atoms with Crippen molar-refractivity contribution in [3.8, 4) is 0 Å². The van der Waals surface area contributed by atoms with Gasteiger partial charge >= 0.3 is 12.0 Å². The molecule has 0 spiro atoms. The second-order valence-electron chi connectivity index (χ2n) is 9.35. The van der Waals surface area contributed by atoms with Gasteiger partial charge in [-0.2, -0.15) is 0 Å². The van der Waals surface area contributed by atoms with Gasteiger partial charge in [-0.15, -0.1) is 0 Å². The molecule has 0 saturated heterocycles. The van der Waals surface area contributed by atoms with E-state index in [0.29, 0.717) is 32.3 Å². The van der Waals surface area contributed by atoms with E-state index in [1.54, 1.807) is 0 Å². The van der Waals surface area contributed by atoms with Gasteiger partial charge in [0.05, 0.1) is 7.11 Å². The molecule has 0 aromatic carbocycles. The van der Waals surface area contributed by atoms with Gasteiger partial charge in [0, 0.05) is 13.1 Å². The Balaban J connectivity index is 3.54. The standard InChI is InChI=1S/C27H53N3O4/c1-3-4-5-6-7-8-9-10-11-12-13-14-15-16-17-19-23-29-27(33)30-25(26(32)34-2)21-18-20-22-28-24-31/h24-25H,3-23H2,1-2H3,(H,28,31)(H2,29,30,33). The van der Waals surface area contributed by atoms with Crippen molar-refractivity contribution in [2.75, 3.05) is 20.2 Å². The number of esters is 1. The van der Waals surface area contributed by atoms with Gasteiger partial charge in [0.15, 0.2) is 0 Å². The molecule has 0 bridgehead atoms. The molecule has 0 saturated carbocycles. The van der Waals surface area contributed by atoms with Crippen molar-refractivity contribution in [1.82, 2.24) is 16.0 Å². The molecule has 200 valence electrons. The molecule has 3 amide bonds. The predicted molar refractivity (Wildman–Crippen MR) is 140 cm³/mol. The molecule has 0 fully saturated rings. The summed E-state index contributed by atoms with van der Waals surface area (Å²) in [6.45, 7) is 3.44. The Bertz CT molecular complexity index is 488. The third-order valence-corrected chi connectivity index (χ3v) is 6.25. The summed E-state index contributed by atoms with van der Waals surface area (Å²) >= 11 is 0. The Kier molecular flexibility index (Phi) is 24.5. The van der Waals surface area contributed by atoms with Gasteiger partial charge in [0.2, 0.25) is 6.41 Å². The first-order valence-electron chi connectivity index (χ1n) is 13.9. The summed E-state index contributed by atoms with van der Waals surface area (Å²) in [5.74, 6) is -0.444. The number of carbonyl (C=O) groups excluding carboxylic acids is 3. The number of ether oxygens (including phenoxy) is 1. The van der Waals surface area contributed by atoms with Gasteiger partial charge in [0.25, 0.3) is 0 Å². The van der Waals surface area contributed by atoms with Crippen LogP contribution in [0.1, 0.15) is 129 Å². The van der Waals surface area contributed by atoms with Gasteiger partial charge in [-0.3, -0.25) is 4.79 Å². The molecule has 0 aliphatic heterocycles. The number of unbranched alkanes of at least 4 members (excludes halogenated alkanes) is 16. The molecule has 0 aliphatic carbocycles. The minimum atomic E-state index is -0.660. The monoisotopic (exact) mass is 483 g/mol. The molecule has 0 aromatic heterocycles. The summed E-state index contributed by atoms with van der Waals surface area (Å²) in [6.07, 6.45) is 23.8. The van der Waals surface area contributed by atoms with Crippen LogP contribution in [0.3, 0.4) is 0 Å². The largest absolute Gasteiger partial charge is 0.467 e. The van der Waals surface area contributed by atoms with Crippen LogP contribution in [0.2, 0.25) is 0 Å². The first-order valence-corrected chi connectivity index (χ1v) is 13.9. The molecule has 7 heteroatoms. The van der Waals surface area contributed by atoms with E-state index >= 15 is 0 Å². The van der Waals surface area contributed by atoms with Crippen molar-refractivity contribution >= 4 is 18.4 Å². The van der Waals surface area contributed by atoms with Crippen LogP contribution in [0.5, 0.6) is 0 Å². The normalized spacial score (nSPS) is 11.6. The second kappa shape index (κ2) is 25.8. The fraction of sp³-hybridized carbons (Fsp3) is 0.889. The number of urea groups is 1. The van der Waals surface area contributed by atoms with E-state index in [1.165, 1.54) is 97.0 Å². The van der Waals surface area contributed by atoms with E-state index in [1.807, 2.05) is 0 Å². The van der Waals surface area contributed by atoms with E-state index in [9.17, 15) is 14.4 Å². The van der Waals surface area contributed by atoms with Crippen LogP contribution in [0.4, 0.5) is 4.79 Å². The Hall–Kier alpha value is -1.79. The summed E-state index contributed by atoms with van der Waals surface area (Å²) in [5.41, 5.74) is 0. The predicted octanol–water partition coefficient (Wildman–Crippen LogP) is 6.01. The number of hydrogen-bond donors (Lipinski definition) is 3. The molecule has 0 heterocycles. The van der Waals surface area contributed by atoms with Gasteiger partial charge < -0.3 is 20.7 Å². The van der Waals surface area contributed by atoms with Crippen LogP contribution in [0.15, 0.2) is 0 Å². The number of carbonyl (C=O) groups is 3. The Morgan fingerprint density at radius 2 is 1.18 bits per heavy atom. The minimum absolute atomic E-state index is 0.331. The molecule has 7 nitrogen and oxygen atoms in total. The van der Waals surface area contributed by atoms with Crippen molar-refractivity contribution in [3.63, 3.8) is 0 Å². The zero-order valence-corrected chi connectivity index (χ0v) is 22.1. The third-order valence-electron chi connectivity index (χ3n) is 6.25. The molecule has 0 radical (unpaired) electrons. The highest BCUT2D eigenvalue weighted by molar-refractivity contribution is 5.83. The molecule has 1 atom stereocenters. The number of nitrogens with one attached hydrogen (secondary N) is 3. The highest BCUT2D eigenvalue weighted by Gasteiger charge is 2.20. The minimum Gasteiger partial charge on any atom is -0.467 e. The Morgan fingerprint density at radius 3 is 1.65 bits per heavy atom. The highest BCUT2D eigenvalue weighted by Crippen LogP contribution is 2.13. The van der Waals surface area contributed by atoms with E-state index in [-0.39, 0.29) is 6.03 Å². The van der Waals surface area contributed by atoms with Crippen molar-refractivity contribution in [2.24, 2.45) is 0 Å². The molecule has 3 N–H and O–H groups in total. The molecule has 0 rings (SSSR count). The van der Waals surface area contributed by atoms with E-state index < -0.39 is 12.0 Å². The molecule has 34 heavy (non-hydrogen) atoms. The molecule has 0 aromatic rings. The summed E-state index contributed by atoms with van der Waals surface area (Å²) in [7, 11) is 1.32. The quantitative estimate of drug-likeness (QED) is 0.0842. The molecule has 0 aliphatic rings. The Morgan fingerprint density at radius 1 is 0.706 bits per heavy atom. The lowest BCUT2D eigenvalue weighted by molar-refractivity contribution is -0.143. The molecular weight excluding hydrogens is 430 g/mol. The van der Waals surface area contributed by atoms with Crippen molar-refractivity contribution in [2.45, 2.75) is 135 Å². The zero-order valence-electron chi connectivity index (χ0n) is 22.1. The lowest BCUT2D eigenvalue weighted by Crippen LogP contribution is -2.46. The number of hydrogen-bond acceptors (Lipinski definition) is 4. The zero-order chi connectivity index (χ0) is 25.1. The van der Waals surface area contributed by atoms with Crippen LogP contribution in [0, 0.1) is 0 Å². The maximum atomic E-state index is 12.1. The SMILES string of the molecule is CCCCCCCCCCCCCCCCCCNC(=O)NC(CCCCNC=O)C(=O)OC. The summed E-state index contributed by atoms with van der Waals surface area (Å²) in [5, 5.41) is 8.12. The topological polar surface area (TPSA) is 96.5 Å². The van der Waals surface area contributed by atoms with Gasteiger partial charge in [-0.1, -0.05) is 103 Å². The Labute approximate surface area is 208 Å². The van der Waals surface area contributed by atoms with Gasteiger partial charge in [-0.05, 0) is 25.7 Å². The summed E-state index contributed by atoms with van der Waals surface area (Å²) in [4.78, 5) is 34.2. The van der Waals surface area contributed by atoms with Crippen molar-refractivity contribution in [1.29, 1.82) is 0 Å². The van der Waals surface area contributed by atoms with E-state index in [4.69, 9.17) is 4.74 Å². The number of methoxy groups -OCH3 is 1. The highest BCUT2D eigenvalue weighted by atomic mass is 16.5. The van der Waals surface area contributed by atoms with Crippen LogP contribution < -0.4 is 16.0 Å². The number of rotatable bonds is 25. The maximum absolute atomic E-state index is 12.1. The second-order valence-corrected chi connectivity index (χ2v) is 9.35. The first-order chi connectivity index (χ1) is 16.7. The van der Waals surface area contributed by atoms with E-state index in [2.05, 4.69) is 22.9 Å². The average Bonchev–Trinajstić information content (AvgIpc) is 2.84. The first kappa shape index (κ1) is 32.2. The smallest absolute Gasteiger partial charge is 0.328 e. The molecular formula is C27H53N3O4. The lowest BCUT2D eigenvalue weighted by Gasteiger charge is -2.17. The van der Waals surface area contributed by atoms with Crippen molar-refractivity contribution in [3.05, 3.63) is 0 Å². The average molecular weight is 484 g/mol. The van der Waals surface area contributed by atoms with Crippen LogP contribution in [-0.2, 0) is 14.3 Å². The van der Waals surface area contributed by atoms with Gasteiger partial charge in [0.1, 0.15) is 6.04 Å². The van der Waals surface area contributed by atoms with Crippen LogP contribution in [-0.4, -0.2) is 44.7 Å². The number of amides is 3. The fourth-order valence-electron chi connectivity index (χ4n) is 4.11.